The highest BCUT2D eigenvalue weighted by Crippen LogP contribution is 2.25. The number of piperidine rings is 1. The van der Waals surface area contributed by atoms with E-state index in [0.717, 1.165) is 56.7 Å². The molecule has 2 atom stereocenters. The minimum atomic E-state index is 0.273. The third-order valence-corrected chi connectivity index (χ3v) is 5.13. The smallest absolute Gasteiger partial charge is 0.133 e. The van der Waals surface area contributed by atoms with Crippen LogP contribution in [0.4, 0.5) is 0 Å². The highest BCUT2D eigenvalue weighted by Gasteiger charge is 2.27. The maximum absolute atomic E-state index is 9.71. The van der Waals surface area contributed by atoms with Crippen molar-refractivity contribution in [3.05, 3.63) is 36.1 Å². The second-order valence-corrected chi connectivity index (χ2v) is 7.39. The minimum Gasteiger partial charge on any atom is -0.464 e. The molecule has 1 aromatic heterocycles. The quantitative estimate of drug-likeness (QED) is 0.796. The molecule has 1 N–H and O–H groups in total. The summed E-state index contributed by atoms with van der Waals surface area (Å²) in [5.41, 5.74) is 2.24. The maximum atomic E-state index is 9.71. The molecule has 2 heterocycles. The summed E-state index contributed by atoms with van der Waals surface area (Å²) in [6, 6.07) is 8.42. The van der Waals surface area contributed by atoms with Crippen LogP contribution in [0.25, 0.3) is 11.0 Å². The Morgan fingerprint density at radius 2 is 2.12 bits per heavy atom. The van der Waals surface area contributed by atoms with Gasteiger partial charge in [-0.2, -0.15) is 0 Å². The molecule has 1 fully saturated rings. The minimum absolute atomic E-state index is 0.273. The van der Waals surface area contributed by atoms with Crippen molar-refractivity contribution >= 4 is 11.0 Å². The monoisotopic (exact) mass is 346 g/mol. The average molecular weight is 346 g/mol. The number of fused-ring (bicyclic) bond motifs is 1. The van der Waals surface area contributed by atoms with Crippen LogP contribution in [-0.2, 0) is 11.3 Å². The first-order chi connectivity index (χ1) is 12.2. The number of nitrogens with zero attached hydrogens (tertiary/aromatic N) is 2. The molecule has 0 unspecified atom stereocenters. The van der Waals surface area contributed by atoms with E-state index in [1.165, 1.54) is 5.56 Å². The number of hydrogen-bond donors (Lipinski definition) is 1. The normalized spacial score (nSPS) is 22.1. The van der Waals surface area contributed by atoms with E-state index in [0.29, 0.717) is 11.8 Å². The molecule has 2 aromatic rings. The number of aliphatic hydroxyl groups is 1. The van der Waals surface area contributed by atoms with E-state index in [2.05, 4.69) is 29.0 Å². The number of benzene rings is 1. The molecule has 5 nitrogen and oxygen atoms in total. The standard InChI is InChI=1S/C20H30N2O3/c1-21(6-8-24-2)11-17-9-18(15-23)14-22(13-17)12-16-3-4-20-19(10-16)5-7-25-20/h3-5,7,10,17-18,23H,6,8-9,11-15H2,1-2H3/t17-,18+/m0/s1. The number of likely N-dealkylation sites (N-methyl/N-ethyl adjacent to an activating group) is 1. The third-order valence-electron chi connectivity index (χ3n) is 5.13. The van der Waals surface area contributed by atoms with Gasteiger partial charge in [0.25, 0.3) is 0 Å². The molecule has 0 spiro atoms. The summed E-state index contributed by atoms with van der Waals surface area (Å²) >= 11 is 0. The number of rotatable bonds is 8. The summed E-state index contributed by atoms with van der Waals surface area (Å²) in [5.74, 6) is 0.956. The van der Waals surface area contributed by atoms with Crippen molar-refractivity contribution in [1.82, 2.24) is 9.80 Å². The first-order valence-electron chi connectivity index (χ1n) is 9.14. The molecule has 0 saturated carbocycles. The highest BCUT2D eigenvalue weighted by atomic mass is 16.5. The molecule has 25 heavy (non-hydrogen) atoms. The Kier molecular flexibility index (Phi) is 6.48. The van der Waals surface area contributed by atoms with Gasteiger partial charge in [0.2, 0.25) is 0 Å². The first-order valence-corrected chi connectivity index (χ1v) is 9.14. The molecule has 5 heteroatoms. The Hall–Kier alpha value is -1.40. The van der Waals surface area contributed by atoms with Crippen molar-refractivity contribution in [3.8, 4) is 0 Å². The third kappa shape index (κ3) is 5.05. The van der Waals surface area contributed by atoms with Crippen LogP contribution in [0.5, 0.6) is 0 Å². The maximum Gasteiger partial charge on any atom is 0.133 e. The van der Waals surface area contributed by atoms with Crippen LogP contribution < -0.4 is 0 Å². The summed E-state index contributed by atoms with van der Waals surface area (Å²) in [5, 5.41) is 10.9. The number of aliphatic hydroxyl groups excluding tert-OH is 1. The van der Waals surface area contributed by atoms with E-state index < -0.39 is 0 Å². The van der Waals surface area contributed by atoms with Crippen molar-refractivity contribution < 1.29 is 14.3 Å². The Bertz CT molecular complexity index is 657. The molecule has 138 valence electrons. The van der Waals surface area contributed by atoms with Crippen molar-refractivity contribution in [1.29, 1.82) is 0 Å². The Labute approximate surface area is 150 Å². The van der Waals surface area contributed by atoms with Gasteiger partial charge in [0.15, 0.2) is 0 Å². The van der Waals surface area contributed by atoms with Gasteiger partial charge >= 0.3 is 0 Å². The summed E-state index contributed by atoms with van der Waals surface area (Å²) in [4.78, 5) is 4.82. The fourth-order valence-electron chi connectivity index (χ4n) is 3.97. The molecular weight excluding hydrogens is 316 g/mol. The first kappa shape index (κ1) is 18.4. The van der Waals surface area contributed by atoms with Gasteiger partial charge in [0.1, 0.15) is 5.58 Å². The van der Waals surface area contributed by atoms with Crippen LogP contribution in [0.1, 0.15) is 12.0 Å². The van der Waals surface area contributed by atoms with Crippen molar-refractivity contribution in [2.24, 2.45) is 11.8 Å². The summed E-state index contributed by atoms with van der Waals surface area (Å²) in [7, 11) is 3.90. The number of furan rings is 1. The zero-order chi connectivity index (χ0) is 17.6. The zero-order valence-corrected chi connectivity index (χ0v) is 15.4. The number of ether oxygens (including phenoxy) is 1. The number of methoxy groups -OCH3 is 1. The van der Waals surface area contributed by atoms with E-state index in [4.69, 9.17) is 9.15 Å². The second-order valence-electron chi connectivity index (χ2n) is 7.39. The van der Waals surface area contributed by atoms with Crippen molar-refractivity contribution in [3.63, 3.8) is 0 Å². The summed E-state index contributed by atoms with van der Waals surface area (Å²) < 4.78 is 10.6. The molecule has 0 amide bonds. The van der Waals surface area contributed by atoms with Gasteiger partial charge < -0.3 is 19.2 Å². The van der Waals surface area contributed by atoms with Crippen molar-refractivity contribution in [2.45, 2.75) is 13.0 Å². The van der Waals surface area contributed by atoms with Crippen LogP contribution >= 0.6 is 0 Å². The molecular formula is C20H30N2O3. The lowest BCUT2D eigenvalue weighted by Gasteiger charge is -2.38. The number of hydrogen-bond acceptors (Lipinski definition) is 5. The molecule has 0 bridgehead atoms. The van der Waals surface area contributed by atoms with E-state index >= 15 is 0 Å². The van der Waals surface area contributed by atoms with Crippen LogP contribution in [-0.4, -0.2) is 68.5 Å². The van der Waals surface area contributed by atoms with Gasteiger partial charge in [-0.3, -0.25) is 4.90 Å². The fourth-order valence-corrected chi connectivity index (χ4v) is 3.97. The second kappa shape index (κ2) is 8.81. The Balaban J connectivity index is 1.61. The van der Waals surface area contributed by atoms with Crippen LogP contribution in [0.2, 0.25) is 0 Å². The van der Waals surface area contributed by atoms with E-state index in [9.17, 15) is 5.11 Å². The van der Waals surface area contributed by atoms with E-state index in [-0.39, 0.29) is 6.61 Å². The predicted molar refractivity (Wildman–Crippen MR) is 99.5 cm³/mol. The SMILES string of the molecule is COCCN(C)C[C@@H]1C[C@@H](CO)CN(Cc2ccc3occc3c2)C1. The lowest BCUT2D eigenvalue weighted by molar-refractivity contribution is 0.0615. The molecule has 0 aliphatic carbocycles. The number of likely N-dealkylation sites (tertiary alicyclic amines) is 1. The molecule has 1 aromatic carbocycles. The topological polar surface area (TPSA) is 49.1 Å². The molecule has 1 saturated heterocycles. The van der Waals surface area contributed by atoms with E-state index in [1.807, 2.05) is 12.1 Å². The fraction of sp³-hybridized carbons (Fsp3) is 0.600. The highest BCUT2D eigenvalue weighted by molar-refractivity contribution is 5.77. The van der Waals surface area contributed by atoms with Gasteiger partial charge in [0, 0.05) is 51.8 Å². The van der Waals surface area contributed by atoms with E-state index in [1.54, 1.807) is 13.4 Å². The van der Waals surface area contributed by atoms with Gasteiger partial charge in [-0.15, -0.1) is 0 Å². The Morgan fingerprint density at radius 3 is 2.92 bits per heavy atom. The largest absolute Gasteiger partial charge is 0.464 e. The zero-order valence-electron chi connectivity index (χ0n) is 15.4. The van der Waals surface area contributed by atoms with Crippen molar-refractivity contribution in [2.75, 3.05) is 53.6 Å². The summed E-state index contributed by atoms with van der Waals surface area (Å²) in [6.07, 6.45) is 2.84. The predicted octanol–water partition coefficient (Wildman–Crippen LogP) is 2.44. The van der Waals surface area contributed by atoms with Crippen LogP contribution in [0, 0.1) is 11.8 Å². The summed E-state index contributed by atoms with van der Waals surface area (Å²) in [6.45, 7) is 6.02. The lowest BCUT2D eigenvalue weighted by atomic mass is 9.89. The molecule has 0 radical (unpaired) electrons. The van der Waals surface area contributed by atoms with Gasteiger partial charge in [-0.1, -0.05) is 6.07 Å². The van der Waals surface area contributed by atoms with Gasteiger partial charge in [0.05, 0.1) is 12.9 Å². The lowest BCUT2D eigenvalue weighted by Crippen LogP contribution is -2.45. The Morgan fingerprint density at radius 1 is 1.28 bits per heavy atom. The van der Waals surface area contributed by atoms with Gasteiger partial charge in [-0.05, 0) is 49.1 Å². The van der Waals surface area contributed by atoms with Crippen LogP contribution in [0.3, 0.4) is 0 Å². The molecule has 1 aliphatic heterocycles. The van der Waals surface area contributed by atoms with Gasteiger partial charge in [-0.25, -0.2) is 0 Å². The average Bonchev–Trinajstić information content (AvgIpc) is 3.07. The van der Waals surface area contributed by atoms with Crippen LogP contribution in [0.15, 0.2) is 34.9 Å². The molecule has 3 rings (SSSR count). The molecule has 1 aliphatic rings.